The van der Waals surface area contributed by atoms with Gasteiger partial charge in [-0.2, -0.15) is 0 Å². The van der Waals surface area contributed by atoms with E-state index in [0.29, 0.717) is 19.3 Å². The number of hydrogen-bond acceptors (Lipinski definition) is 9. The molecule has 0 aliphatic heterocycles. The number of guanidine groups is 1. The van der Waals surface area contributed by atoms with Gasteiger partial charge in [-0.1, -0.05) is 48.0 Å². The number of aliphatic imine (C=N–C) groups is 1. The molecule has 0 aromatic carbocycles. The van der Waals surface area contributed by atoms with Crippen LogP contribution < -0.4 is 49.5 Å². The molecule has 0 saturated heterocycles. The second kappa shape index (κ2) is 21.7. The molecule has 0 aromatic heterocycles. The van der Waals surface area contributed by atoms with Crippen molar-refractivity contribution in [1.82, 2.24) is 26.6 Å². The van der Waals surface area contributed by atoms with Gasteiger partial charge in [0.25, 0.3) is 0 Å². The van der Waals surface area contributed by atoms with E-state index in [4.69, 9.17) is 22.9 Å². The van der Waals surface area contributed by atoms with Gasteiger partial charge < -0.3 is 54.6 Å². The van der Waals surface area contributed by atoms with Crippen LogP contribution in [0.15, 0.2) is 4.99 Å². The average Bonchev–Trinajstić information content (AvgIpc) is 2.97. The summed E-state index contributed by atoms with van der Waals surface area (Å²) in [5.41, 5.74) is 21.7. The van der Waals surface area contributed by atoms with E-state index in [1.54, 1.807) is 6.92 Å². The standard InChI is InChI=1S/C29H56N10O7/c1-7-17(6)23(39-27(45)21(12-16(4)5)38-25(43)18(30)14-40)28(46)35-13-22(41)36-19(9-8-10-34-29(32)33)26(44)37-20(24(31)42)11-15(2)3/h15-21,23,40H,7-14,30H2,1-6H3,(H2,31,42)(H,35,46)(H,36,41)(H,37,44)(H,38,43)(H,39,45)(H4,32,33,34)/t17-,18+,19+,20-,21-,23-/m0/s1. The number of nitrogens with zero attached hydrogens (tertiary/aromatic N) is 1. The van der Waals surface area contributed by atoms with Crippen molar-refractivity contribution >= 4 is 41.4 Å². The highest BCUT2D eigenvalue weighted by molar-refractivity contribution is 5.95. The van der Waals surface area contributed by atoms with Gasteiger partial charge in [0, 0.05) is 6.54 Å². The van der Waals surface area contributed by atoms with E-state index < -0.39 is 78.8 Å². The molecule has 0 aliphatic rings. The molecular formula is C29H56N10O7. The van der Waals surface area contributed by atoms with E-state index in [1.165, 1.54) is 0 Å². The minimum Gasteiger partial charge on any atom is -0.394 e. The summed E-state index contributed by atoms with van der Waals surface area (Å²) in [5, 5.41) is 22.0. The van der Waals surface area contributed by atoms with Crippen molar-refractivity contribution in [2.45, 2.75) is 104 Å². The minimum atomic E-state index is -1.22. The molecule has 0 heterocycles. The second-order valence-electron chi connectivity index (χ2n) is 12.2. The van der Waals surface area contributed by atoms with Crippen molar-refractivity contribution in [3.8, 4) is 0 Å². The fourth-order valence-electron chi connectivity index (χ4n) is 4.31. The van der Waals surface area contributed by atoms with Crippen LogP contribution in [0.3, 0.4) is 0 Å². The van der Waals surface area contributed by atoms with Crippen molar-refractivity contribution < 1.29 is 33.9 Å². The summed E-state index contributed by atoms with van der Waals surface area (Å²) in [6, 6.07) is -5.35. The summed E-state index contributed by atoms with van der Waals surface area (Å²) in [6.45, 7) is 10.0. The average molecular weight is 657 g/mol. The number of carbonyl (C=O) groups excluding carboxylic acids is 6. The van der Waals surface area contributed by atoms with Crippen LogP contribution in [0.4, 0.5) is 0 Å². The summed E-state index contributed by atoms with van der Waals surface area (Å²) in [6.07, 6.45) is 1.46. The molecule has 17 nitrogen and oxygen atoms in total. The normalized spacial score (nSPS) is 15.0. The van der Waals surface area contributed by atoms with Gasteiger partial charge in [-0.25, -0.2) is 0 Å². The highest BCUT2D eigenvalue weighted by Crippen LogP contribution is 2.11. The second-order valence-corrected chi connectivity index (χ2v) is 12.2. The maximum absolute atomic E-state index is 13.2. The van der Waals surface area contributed by atoms with Gasteiger partial charge in [-0.05, 0) is 43.4 Å². The molecule has 46 heavy (non-hydrogen) atoms. The van der Waals surface area contributed by atoms with Gasteiger partial charge in [-0.15, -0.1) is 0 Å². The molecule has 0 radical (unpaired) electrons. The maximum Gasteiger partial charge on any atom is 0.243 e. The highest BCUT2D eigenvalue weighted by Gasteiger charge is 2.32. The molecule has 0 fully saturated rings. The SMILES string of the molecule is CC[C@H](C)[C@H](NC(=O)[C@H](CC(C)C)NC(=O)[C@H](N)CO)C(=O)NCC(=O)N[C@H](CCCN=C(N)N)C(=O)N[C@@H](CC(C)C)C(N)=O. The number of aliphatic hydroxyl groups excluding tert-OH is 1. The lowest BCUT2D eigenvalue weighted by Crippen LogP contribution is -2.58. The molecule has 0 aromatic rings. The number of rotatable bonds is 22. The fourth-order valence-corrected chi connectivity index (χ4v) is 4.31. The largest absolute Gasteiger partial charge is 0.394 e. The molecule has 0 unspecified atom stereocenters. The topological polar surface area (TPSA) is 299 Å². The van der Waals surface area contributed by atoms with Crippen LogP contribution in [0.5, 0.6) is 0 Å². The summed E-state index contributed by atoms with van der Waals surface area (Å²) < 4.78 is 0. The van der Waals surface area contributed by atoms with Crippen LogP contribution in [0.25, 0.3) is 0 Å². The number of nitrogens with one attached hydrogen (secondary N) is 5. The van der Waals surface area contributed by atoms with Crippen molar-refractivity contribution in [2.75, 3.05) is 19.7 Å². The van der Waals surface area contributed by atoms with E-state index in [1.807, 2.05) is 34.6 Å². The molecule has 6 amide bonds. The number of carbonyl (C=O) groups is 6. The van der Waals surface area contributed by atoms with E-state index in [0.717, 1.165) is 0 Å². The van der Waals surface area contributed by atoms with Gasteiger partial charge in [-0.3, -0.25) is 33.8 Å². The van der Waals surface area contributed by atoms with Crippen LogP contribution in [0, 0.1) is 17.8 Å². The van der Waals surface area contributed by atoms with Crippen LogP contribution in [-0.4, -0.2) is 96.4 Å². The Morgan fingerprint density at radius 3 is 1.78 bits per heavy atom. The quantitative estimate of drug-likeness (QED) is 0.0321. The van der Waals surface area contributed by atoms with Crippen molar-refractivity contribution in [1.29, 1.82) is 0 Å². The van der Waals surface area contributed by atoms with Crippen LogP contribution in [-0.2, 0) is 28.8 Å². The minimum absolute atomic E-state index is 0.00536. The summed E-state index contributed by atoms with van der Waals surface area (Å²) in [7, 11) is 0. The Morgan fingerprint density at radius 1 is 0.739 bits per heavy atom. The third-order valence-electron chi connectivity index (χ3n) is 7.05. The molecular weight excluding hydrogens is 600 g/mol. The predicted molar refractivity (Wildman–Crippen MR) is 173 cm³/mol. The number of primary amides is 1. The first-order valence-electron chi connectivity index (χ1n) is 15.6. The maximum atomic E-state index is 13.2. The Bertz CT molecular complexity index is 1050. The third kappa shape index (κ3) is 16.9. The first-order chi connectivity index (χ1) is 21.4. The van der Waals surface area contributed by atoms with Gasteiger partial charge >= 0.3 is 0 Å². The highest BCUT2D eigenvalue weighted by atomic mass is 16.3. The number of nitrogens with two attached hydrogens (primary N) is 4. The lowest BCUT2D eigenvalue weighted by Gasteiger charge is -2.27. The van der Waals surface area contributed by atoms with Crippen LogP contribution >= 0.6 is 0 Å². The Morgan fingerprint density at radius 2 is 1.28 bits per heavy atom. The molecule has 17 heteroatoms. The Labute approximate surface area is 271 Å². The fraction of sp³-hybridized carbons (Fsp3) is 0.759. The zero-order valence-electron chi connectivity index (χ0n) is 27.9. The van der Waals surface area contributed by atoms with E-state index >= 15 is 0 Å². The lowest BCUT2D eigenvalue weighted by atomic mass is 9.96. The third-order valence-corrected chi connectivity index (χ3v) is 7.05. The number of amides is 6. The van der Waals surface area contributed by atoms with Crippen LogP contribution in [0.2, 0.25) is 0 Å². The first-order valence-corrected chi connectivity index (χ1v) is 15.6. The van der Waals surface area contributed by atoms with Crippen molar-refractivity contribution in [2.24, 2.45) is 45.7 Å². The lowest BCUT2D eigenvalue weighted by molar-refractivity contribution is -0.134. The van der Waals surface area contributed by atoms with Gasteiger partial charge in [0.05, 0.1) is 13.2 Å². The summed E-state index contributed by atoms with van der Waals surface area (Å²) in [4.78, 5) is 80.4. The number of hydrogen-bond donors (Lipinski definition) is 10. The summed E-state index contributed by atoms with van der Waals surface area (Å²) in [5.74, 6) is -4.50. The van der Waals surface area contributed by atoms with Crippen molar-refractivity contribution in [3.05, 3.63) is 0 Å². The molecule has 6 atom stereocenters. The van der Waals surface area contributed by atoms with Crippen LogP contribution in [0.1, 0.15) is 73.6 Å². The molecule has 264 valence electrons. The van der Waals surface area contributed by atoms with Gasteiger partial charge in [0.2, 0.25) is 35.4 Å². The Balaban J connectivity index is 5.66. The van der Waals surface area contributed by atoms with E-state index in [9.17, 15) is 33.9 Å². The zero-order valence-corrected chi connectivity index (χ0v) is 27.9. The molecule has 0 saturated carbocycles. The smallest absolute Gasteiger partial charge is 0.243 e. The summed E-state index contributed by atoms with van der Waals surface area (Å²) >= 11 is 0. The van der Waals surface area contributed by atoms with Gasteiger partial charge in [0.1, 0.15) is 30.2 Å². The Hall–Kier alpha value is -3.99. The first kappa shape index (κ1) is 42.0. The monoisotopic (exact) mass is 656 g/mol. The Kier molecular flexibility index (Phi) is 19.8. The predicted octanol–water partition coefficient (Wildman–Crippen LogP) is -2.96. The zero-order chi connectivity index (χ0) is 35.6. The molecule has 14 N–H and O–H groups in total. The van der Waals surface area contributed by atoms with Crippen molar-refractivity contribution in [3.63, 3.8) is 0 Å². The molecule has 0 rings (SSSR count). The molecule has 0 bridgehead atoms. The van der Waals surface area contributed by atoms with E-state index in [-0.39, 0.29) is 43.1 Å². The van der Waals surface area contributed by atoms with Gasteiger partial charge in [0.15, 0.2) is 5.96 Å². The molecule has 0 aliphatic carbocycles. The number of aliphatic hydroxyl groups is 1. The molecule has 0 spiro atoms. The van der Waals surface area contributed by atoms with E-state index in [2.05, 4.69) is 31.6 Å².